The first-order valence-corrected chi connectivity index (χ1v) is 11.5. The summed E-state index contributed by atoms with van der Waals surface area (Å²) < 4.78 is 52.3. The number of amides is 2. The van der Waals surface area contributed by atoms with Gasteiger partial charge in [-0.05, 0) is 12.8 Å². The summed E-state index contributed by atoms with van der Waals surface area (Å²) >= 11 is 0. The molecular weight excluding hydrogens is 517 g/mol. The Morgan fingerprint density at radius 1 is 0.811 bits per heavy atom. The molecule has 2 aliphatic rings. The zero-order valence-electron chi connectivity index (χ0n) is 19.5. The fourth-order valence-electron chi connectivity index (χ4n) is 3.83. The molecule has 37 heavy (non-hydrogen) atoms. The quantitative estimate of drug-likeness (QED) is 0.112. The number of carbonyl (C=O) groups is 2. The molecule has 17 heteroatoms. The SMILES string of the molecule is O=C(CCCCCNC(=O)C(F)(F)F)N[C@@H]1O[C@H](CO)[C@@H](O[C@@H]2O[C@H](CO)[C@H](O)[C@H](O)[C@H]2O)[C@H](O)[C@H]1O. The highest BCUT2D eigenvalue weighted by Crippen LogP contribution is 2.28. The smallest absolute Gasteiger partial charge is 0.394 e. The fourth-order valence-corrected chi connectivity index (χ4v) is 3.83. The van der Waals surface area contributed by atoms with E-state index in [-0.39, 0.29) is 25.8 Å². The predicted molar refractivity (Wildman–Crippen MR) is 112 cm³/mol. The van der Waals surface area contributed by atoms with Crippen molar-refractivity contribution in [2.45, 2.75) is 93.2 Å². The molecule has 14 nitrogen and oxygen atoms in total. The van der Waals surface area contributed by atoms with E-state index in [1.54, 1.807) is 5.32 Å². The third-order valence-electron chi connectivity index (χ3n) is 5.93. The van der Waals surface area contributed by atoms with Gasteiger partial charge in [-0.3, -0.25) is 9.59 Å². The average Bonchev–Trinajstić information content (AvgIpc) is 2.84. The molecule has 2 rings (SSSR count). The molecule has 2 saturated heterocycles. The standard InChI is InChI=1S/C20H33F3N2O12/c21-20(22,23)19(34)24-5-3-1-2-4-10(28)25-17-14(32)13(31)16(9(7-27)35-17)37-18-15(33)12(30)11(29)8(6-26)36-18/h8-9,11-18,26-27,29-33H,1-7H2,(H,24,34)(H,25,28)/t8-,9-,11+,12+,13-,14-,15-,16-,17-,18+/m1/s1. The second-order valence-corrected chi connectivity index (χ2v) is 8.69. The van der Waals surface area contributed by atoms with Gasteiger partial charge in [0.25, 0.3) is 0 Å². The van der Waals surface area contributed by atoms with Gasteiger partial charge in [-0.25, -0.2) is 0 Å². The summed E-state index contributed by atoms with van der Waals surface area (Å²) in [5, 5.41) is 73.7. The third-order valence-corrected chi connectivity index (χ3v) is 5.93. The lowest BCUT2D eigenvalue weighted by Crippen LogP contribution is -2.66. The van der Waals surface area contributed by atoms with Gasteiger partial charge in [-0.1, -0.05) is 6.42 Å². The highest BCUT2D eigenvalue weighted by atomic mass is 19.4. The van der Waals surface area contributed by atoms with Crippen LogP contribution in [0.4, 0.5) is 13.2 Å². The summed E-state index contributed by atoms with van der Waals surface area (Å²) in [5.74, 6) is -2.69. The first kappa shape index (κ1) is 31.5. The van der Waals surface area contributed by atoms with E-state index in [2.05, 4.69) is 5.32 Å². The van der Waals surface area contributed by atoms with E-state index in [0.717, 1.165) is 0 Å². The Morgan fingerprint density at radius 3 is 2.05 bits per heavy atom. The largest absolute Gasteiger partial charge is 0.471 e. The second-order valence-electron chi connectivity index (χ2n) is 8.69. The van der Waals surface area contributed by atoms with Crippen molar-refractivity contribution in [2.24, 2.45) is 0 Å². The first-order chi connectivity index (χ1) is 17.3. The number of carbonyl (C=O) groups excluding carboxylic acids is 2. The summed E-state index contributed by atoms with van der Waals surface area (Å²) in [7, 11) is 0. The Hall–Kier alpha value is -1.67. The van der Waals surface area contributed by atoms with Crippen molar-refractivity contribution in [3.63, 3.8) is 0 Å². The van der Waals surface area contributed by atoms with Crippen molar-refractivity contribution in [2.75, 3.05) is 19.8 Å². The molecule has 2 aliphatic heterocycles. The summed E-state index contributed by atoms with van der Waals surface area (Å²) in [4.78, 5) is 22.9. The van der Waals surface area contributed by atoms with Gasteiger partial charge in [0.1, 0.15) is 48.8 Å². The Morgan fingerprint density at radius 2 is 1.46 bits per heavy atom. The van der Waals surface area contributed by atoms with Crippen LogP contribution in [0.25, 0.3) is 0 Å². The minimum atomic E-state index is -4.98. The maximum absolute atomic E-state index is 12.2. The molecule has 10 atom stereocenters. The maximum Gasteiger partial charge on any atom is 0.471 e. The summed E-state index contributed by atoms with van der Waals surface area (Å²) in [6.45, 7) is -1.75. The van der Waals surface area contributed by atoms with Crippen molar-refractivity contribution >= 4 is 11.8 Å². The Kier molecular flexibility index (Phi) is 11.9. The van der Waals surface area contributed by atoms with Crippen LogP contribution < -0.4 is 10.6 Å². The number of aliphatic hydroxyl groups excluding tert-OH is 7. The van der Waals surface area contributed by atoms with E-state index in [1.165, 1.54) is 0 Å². The number of nitrogens with one attached hydrogen (secondary N) is 2. The van der Waals surface area contributed by atoms with Crippen LogP contribution in [0, 0.1) is 0 Å². The van der Waals surface area contributed by atoms with Crippen LogP contribution in [0.3, 0.4) is 0 Å². The highest BCUT2D eigenvalue weighted by Gasteiger charge is 2.50. The van der Waals surface area contributed by atoms with E-state index in [0.29, 0.717) is 6.42 Å². The third kappa shape index (κ3) is 8.41. The molecule has 0 bridgehead atoms. The van der Waals surface area contributed by atoms with Crippen LogP contribution in [0.2, 0.25) is 0 Å². The second kappa shape index (κ2) is 13.9. The monoisotopic (exact) mass is 550 g/mol. The van der Waals surface area contributed by atoms with E-state index in [1.807, 2.05) is 0 Å². The molecule has 2 amide bonds. The average molecular weight is 550 g/mol. The highest BCUT2D eigenvalue weighted by molar-refractivity contribution is 5.81. The van der Waals surface area contributed by atoms with E-state index >= 15 is 0 Å². The van der Waals surface area contributed by atoms with Gasteiger partial charge in [-0.15, -0.1) is 0 Å². The topological polar surface area (TPSA) is 227 Å². The maximum atomic E-state index is 12.2. The van der Waals surface area contributed by atoms with Crippen LogP contribution in [-0.2, 0) is 23.8 Å². The molecule has 2 heterocycles. The Labute approximate surface area is 208 Å². The zero-order chi connectivity index (χ0) is 27.9. The van der Waals surface area contributed by atoms with E-state index < -0.39 is 92.6 Å². The van der Waals surface area contributed by atoms with Crippen molar-refractivity contribution < 1.29 is 72.7 Å². The molecule has 9 N–H and O–H groups in total. The van der Waals surface area contributed by atoms with Gasteiger partial charge < -0.3 is 60.6 Å². The number of halogens is 3. The molecule has 0 saturated carbocycles. The van der Waals surface area contributed by atoms with Gasteiger partial charge in [0.05, 0.1) is 13.2 Å². The van der Waals surface area contributed by atoms with Crippen molar-refractivity contribution in [3.8, 4) is 0 Å². The Balaban J connectivity index is 1.84. The van der Waals surface area contributed by atoms with E-state index in [4.69, 9.17) is 14.2 Å². The van der Waals surface area contributed by atoms with E-state index in [9.17, 15) is 58.5 Å². The van der Waals surface area contributed by atoms with Crippen LogP contribution in [-0.4, -0.2) is 135 Å². The number of alkyl halides is 3. The molecule has 0 aliphatic carbocycles. The molecule has 216 valence electrons. The summed E-state index contributed by atoms with van der Waals surface area (Å²) in [6, 6.07) is 0. The number of hydrogen-bond acceptors (Lipinski definition) is 12. The molecule has 2 fully saturated rings. The minimum Gasteiger partial charge on any atom is -0.394 e. The van der Waals surface area contributed by atoms with Crippen LogP contribution in [0.15, 0.2) is 0 Å². The van der Waals surface area contributed by atoms with Gasteiger partial charge in [-0.2, -0.15) is 13.2 Å². The lowest BCUT2D eigenvalue weighted by Gasteiger charge is -2.46. The summed E-state index contributed by atoms with van der Waals surface area (Å²) in [5.41, 5.74) is 0. The molecule has 0 spiro atoms. The minimum absolute atomic E-state index is 0.121. The van der Waals surface area contributed by atoms with Crippen LogP contribution in [0.1, 0.15) is 25.7 Å². The number of aliphatic hydroxyl groups is 7. The molecular formula is C20H33F3N2O12. The zero-order valence-corrected chi connectivity index (χ0v) is 19.5. The normalized spacial score (nSPS) is 36.7. The lowest BCUT2D eigenvalue weighted by molar-refractivity contribution is -0.343. The van der Waals surface area contributed by atoms with Gasteiger partial charge >= 0.3 is 12.1 Å². The van der Waals surface area contributed by atoms with Gasteiger partial charge in [0.2, 0.25) is 5.91 Å². The van der Waals surface area contributed by atoms with Crippen molar-refractivity contribution in [1.29, 1.82) is 0 Å². The molecule has 0 aromatic heterocycles. The number of hydrogen-bond donors (Lipinski definition) is 9. The van der Waals surface area contributed by atoms with Crippen LogP contribution >= 0.6 is 0 Å². The molecule has 0 radical (unpaired) electrons. The van der Waals surface area contributed by atoms with Crippen molar-refractivity contribution in [1.82, 2.24) is 10.6 Å². The Bertz CT molecular complexity index is 744. The number of ether oxygens (including phenoxy) is 3. The molecule has 0 aromatic carbocycles. The predicted octanol–water partition coefficient (Wildman–Crippen LogP) is -4.03. The van der Waals surface area contributed by atoms with Gasteiger partial charge in [0.15, 0.2) is 12.5 Å². The first-order valence-electron chi connectivity index (χ1n) is 11.5. The fraction of sp³-hybridized carbons (Fsp3) is 0.900. The summed E-state index contributed by atoms with van der Waals surface area (Å²) in [6.07, 6.45) is -20.6. The number of unbranched alkanes of at least 4 members (excludes halogenated alkanes) is 2. The lowest BCUT2D eigenvalue weighted by atomic mass is 9.96. The molecule has 0 aromatic rings. The number of rotatable bonds is 11. The van der Waals surface area contributed by atoms with Crippen LogP contribution in [0.5, 0.6) is 0 Å². The van der Waals surface area contributed by atoms with Crippen molar-refractivity contribution in [3.05, 3.63) is 0 Å². The van der Waals surface area contributed by atoms with Gasteiger partial charge in [0, 0.05) is 13.0 Å². The molecule has 0 unspecified atom stereocenters.